The van der Waals surface area contributed by atoms with Crippen LogP contribution < -0.4 is 5.73 Å². The van der Waals surface area contributed by atoms with Crippen molar-refractivity contribution in [3.8, 4) is 11.1 Å². The van der Waals surface area contributed by atoms with Crippen molar-refractivity contribution in [2.24, 2.45) is 0 Å². The van der Waals surface area contributed by atoms with Gasteiger partial charge in [-0.1, -0.05) is 59.1 Å². The minimum Gasteiger partial charge on any atom is -0.367 e. The van der Waals surface area contributed by atoms with Gasteiger partial charge in [0.1, 0.15) is 0 Å². The maximum atomic E-state index is 6.07. The van der Waals surface area contributed by atoms with E-state index >= 15 is 0 Å². The first-order valence-electron chi connectivity index (χ1n) is 7.18. The zero-order valence-corrected chi connectivity index (χ0v) is 13.2. The molecule has 4 heteroatoms. The number of nitrogens with two attached hydrogens (primary N) is 1. The Morgan fingerprint density at radius 1 is 1.30 bits per heavy atom. The summed E-state index contributed by atoms with van der Waals surface area (Å²) < 4.78 is 6.38. The maximum absolute atomic E-state index is 6.07. The molecule has 20 heavy (non-hydrogen) atoms. The van der Waals surface area contributed by atoms with Crippen LogP contribution in [0.3, 0.4) is 0 Å². The molecule has 3 rings (SSSR count). The van der Waals surface area contributed by atoms with Gasteiger partial charge < -0.3 is 10.3 Å². The Morgan fingerprint density at radius 2 is 2.00 bits per heavy atom. The van der Waals surface area contributed by atoms with Crippen molar-refractivity contribution >= 4 is 21.8 Å². The van der Waals surface area contributed by atoms with E-state index in [0.717, 1.165) is 27.7 Å². The fourth-order valence-electron chi connectivity index (χ4n) is 3.40. The average Bonchev–Trinajstić information content (AvgIpc) is 3.07. The first-order chi connectivity index (χ1) is 9.68. The molecule has 0 atom stereocenters. The number of benzene rings is 1. The number of nitrogens with zero attached hydrogens (tertiary/aromatic N) is 1. The molecule has 0 saturated heterocycles. The van der Waals surface area contributed by atoms with Crippen LogP contribution >= 0.6 is 15.9 Å². The standard InChI is InChI=1S/C16H19BrN2O/c1-2-16(9-5-6-10-16)14-13(15(18)20-19-14)11-7-3-4-8-12(11)17/h3-4,7-8H,2,5-6,9-10,18H2,1H3. The highest BCUT2D eigenvalue weighted by atomic mass is 79.9. The molecule has 0 bridgehead atoms. The second-order valence-electron chi connectivity index (χ2n) is 5.59. The van der Waals surface area contributed by atoms with Crippen LogP contribution in [0.2, 0.25) is 0 Å². The maximum Gasteiger partial charge on any atom is 0.230 e. The van der Waals surface area contributed by atoms with Crippen molar-refractivity contribution < 1.29 is 4.52 Å². The van der Waals surface area contributed by atoms with E-state index in [-0.39, 0.29) is 5.41 Å². The average molecular weight is 335 g/mol. The summed E-state index contributed by atoms with van der Waals surface area (Å²) in [4.78, 5) is 0. The highest BCUT2D eigenvalue weighted by Gasteiger charge is 2.39. The number of hydrogen-bond acceptors (Lipinski definition) is 3. The molecule has 1 aromatic heterocycles. The number of halogens is 1. The lowest BCUT2D eigenvalue weighted by Crippen LogP contribution is -2.22. The predicted molar refractivity (Wildman–Crippen MR) is 84.5 cm³/mol. The zero-order valence-electron chi connectivity index (χ0n) is 11.7. The number of hydrogen-bond donors (Lipinski definition) is 1. The largest absolute Gasteiger partial charge is 0.367 e. The summed E-state index contributed by atoms with van der Waals surface area (Å²) in [5, 5.41) is 4.34. The van der Waals surface area contributed by atoms with Gasteiger partial charge in [0.2, 0.25) is 5.88 Å². The molecule has 2 N–H and O–H groups in total. The van der Waals surface area contributed by atoms with Crippen molar-refractivity contribution in [2.45, 2.75) is 44.4 Å². The van der Waals surface area contributed by atoms with Gasteiger partial charge in [0.25, 0.3) is 0 Å². The molecule has 1 aliphatic rings. The van der Waals surface area contributed by atoms with E-state index in [1.807, 2.05) is 18.2 Å². The van der Waals surface area contributed by atoms with E-state index in [4.69, 9.17) is 10.3 Å². The van der Waals surface area contributed by atoms with Crippen molar-refractivity contribution in [3.05, 3.63) is 34.4 Å². The van der Waals surface area contributed by atoms with Crippen molar-refractivity contribution in [1.82, 2.24) is 5.16 Å². The third-order valence-electron chi connectivity index (χ3n) is 4.60. The van der Waals surface area contributed by atoms with Crippen LogP contribution in [0.1, 0.15) is 44.7 Å². The molecule has 1 fully saturated rings. The molecule has 0 unspecified atom stereocenters. The molecule has 1 saturated carbocycles. The van der Waals surface area contributed by atoms with Crippen LogP contribution in [-0.2, 0) is 5.41 Å². The fourth-order valence-corrected chi connectivity index (χ4v) is 3.88. The second-order valence-corrected chi connectivity index (χ2v) is 6.45. The van der Waals surface area contributed by atoms with Crippen LogP contribution in [0.4, 0.5) is 5.88 Å². The quantitative estimate of drug-likeness (QED) is 0.867. The zero-order chi connectivity index (χ0) is 14.2. The van der Waals surface area contributed by atoms with E-state index in [1.165, 1.54) is 25.7 Å². The van der Waals surface area contributed by atoms with Gasteiger partial charge in [0, 0.05) is 15.5 Å². The van der Waals surface area contributed by atoms with Gasteiger partial charge in [-0.05, 0) is 25.3 Å². The third-order valence-corrected chi connectivity index (χ3v) is 5.29. The summed E-state index contributed by atoms with van der Waals surface area (Å²) in [6.07, 6.45) is 5.95. The number of anilines is 1. The van der Waals surface area contributed by atoms with Crippen molar-refractivity contribution in [2.75, 3.05) is 5.73 Å². The van der Waals surface area contributed by atoms with E-state index in [0.29, 0.717) is 5.88 Å². The Hall–Kier alpha value is -1.29. The minimum atomic E-state index is 0.131. The summed E-state index contributed by atoms with van der Waals surface area (Å²) >= 11 is 3.61. The molecule has 3 nitrogen and oxygen atoms in total. The summed E-state index contributed by atoms with van der Waals surface area (Å²) in [6.45, 7) is 2.24. The summed E-state index contributed by atoms with van der Waals surface area (Å²) in [5.74, 6) is 0.423. The Balaban J connectivity index is 2.18. The third kappa shape index (κ3) is 2.06. The topological polar surface area (TPSA) is 52.0 Å². The first kappa shape index (κ1) is 13.7. The highest BCUT2D eigenvalue weighted by molar-refractivity contribution is 9.10. The minimum absolute atomic E-state index is 0.131. The molecule has 0 spiro atoms. The first-order valence-corrected chi connectivity index (χ1v) is 7.98. The monoisotopic (exact) mass is 334 g/mol. The van der Waals surface area contributed by atoms with Gasteiger partial charge in [-0.15, -0.1) is 0 Å². The van der Waals surface area contributed by atoms with Crippen LogP contribution in [0.25, 0.3) is 11.1 Å². The molecule has 2 aromatic rings. The fraction of sp³-hybridized carbons (Fsp3) is 0.438. The molecular weight excluding hydrogens is 316 g/mol. The Labute approximate surface area is 127 Å². The lowest BCUT2D eigenvalue weighted by Gasteiger charge is -2.26. The van der Waals surface area contributed by atoms with E-state index in [2.05, 4.69) is 34.1 Å². The molecule has 0 amide bonds. The number of aromatic nitrogens is 1. The molecule has 106 valence electrons. The Morgan fingerprint density at radius 3 is 2.65 bits per heavy atom. The Kier molecular flexibility index (Phi) is 3.59. The summed E-state index contributed by atoms with van der Waals surface area (Å²) in [7, 11) is 0. The lowest BCUT2D eigenvalue weighted by molar-refractivity contribution is 0.361. The molecule has 0 radical (unpaired) electrons. The SMILES string of the molecule is CCC1(c2noc(N)c2-c2ccccc2Br)CCCC1. The molecule has 0 aliphatic heterocycles. The van der Waals surface area contributed by atoms with E-state index in [9.17, 15) is 0 Å². The summed E-state index contributed by atoms with van der Waals surface area (Å²) in [5.41, 5.74) is 9.29. The van der Waals surface area contributed by atoms with Crippen molar-refractivity contribution in [3.63, 3.8) is 0 Å². The van der Waals surface area contributed by atoms with Crippen LogP contribution in [0, 0.1) is 0 Å². The van der Waals surface area contributed by atoms with Crippen molar-refractivity contribution in [1.29, 1.82) is 0 Å². The smallest absolute Gasteiger partial charge is 0.230 e. The lowest BCUT2D eigenvalue weighted by atomic mass is 9.77. The molecule has 1 aromatic carbocycles. The molecular formula is C16H19BrN2O. The van der Waals surface area contributed by atoms with Gasteiger partial charge in [-0.2, -0.15) is 0 Å². The van der Waals surface area contributed by atoms with E-state index in [1.54, 1.807) is 0 Å². The normalized spacial score (nSPS) is 17.5. The Bertz CT molecular complexity index is 615. The van der Waals surface area contributed by atoms with Gasteiger partial charge in [0.15, 0.2) is 0 Å². The number of nitrogen functional groups attached to an aromatic ring is 1. The van der Waals surface area contributed by atoms with Crippen LogP contribution in [0.5, 0.6) is 0 Å². The second kappa shape index (κ2) is 5.24. The molecule has 1 heterocycles. The van der Waals surface area contributed by atoms with Gasteiger partial charge in [0.05, 0.1) is 11.3 Å². The summed E-state index contributed by atoms with van der Waals surface area (Å²) in [6, 6.07) is 8.11. The van der Waals surface area contributed by atoms with Gasteiger partial charge in [-0.25, -0.2) is 0 Å². The molecule has 1 aliphatic carbocycles. The van der Waals surface area contributed by atoms with E-state index < -0.39 is 0 Å². The van der Waals surface area contributed by atoms with Gasteiger partial charge >= 0.3 is 0 Å². The van der Waals surface area contributed by atoms with Crippen LogP contribution in [-0.4, -0.2) is 5.16 Å². The van der Waals surface area contributed by atoms with Gasteiger partial charge in [-0.3, -0.25) is 0 Å². The highest BCUT2D eigenvalue weighted by Crippen LogP contribution is 2.48. The predicted octanol–water partition coefficient (Wildman–Crippen LogP) is 4.91. The number of rotatable bonds is 3. The van der Waals surface area contributed by atoms with Crippen LogP contribution in [0.15, 0.2) is 33.3 Å².